The first-order valence-corrected chi connectivity index (χ1v) is 6.63. The Morgan fingerprint density at radius 1 is 1.41 bits per heavy atom. The van der Waals surface area contributed by atoms with Gasteiger partial charge in [-0.25, -0.2) is 8.60 Å². The summed E-state index contributed by atoms with van der Waals surface area (Å²) in [5.74, 6) is -0.527. The van der Waals surface area contributed by atoms with Crippen molar-refractivity contribution in [2.45, 2.75) is 32.4 Å². The third-order valence-corrected chi connectivity index (χ3v) is 3.86. The highest BCUT2D eigenvalue weighted by Crippen LogP contribution is 2.20. The lowest BCUT2D eigenvalue weighted by Gasteiger charge is -2.14. The fourth-order valence-corrected chi connectivity index (χ4v) is 1.89. The van der Waals surface area contributed by atoms with Gasteiger partial charge in [-0.15, -0.1) is 0 Å². The predicted molar refractivity (Wildman–Crippen MR) is 71.5 cm³/mol. The molecule has 0 aliphatic heterocycles. The SMILES string of the molecule is CC(=NS(=O)C(C)(C)C)c1cccc(Cl)c1F. The molecule has 1 aromatic rings. The van der Waals surface area contributed by atoms with E-state index in [-0.39, 0.29) is 10.6 Å². The Bertz CT molecular complexity index is 480. The highest BCUT2D eigenvalue weighted by atomic mass is 35.5. The first-order chi connectivity index (χ1) is 7.73. The van der Waals surface area contributed by atoms with Crippen LogP contribution in [0.5, 0.6) is 0 Å². The van der Waals surface area contributed by atoms with Crippen LogP contribution in [-0.2, 0) is 11.0 Å². The average molecular weight is 276 g/mol. The van der Waals surface area contributed by atoms with E-state index in [0.717, 1.165) is 0 Å². The normalized spacial score (nSPS) is 14.8. The summed E-state index contributed by atoms with van der Waals surface area (Å²) < 4.78 is 29.0. The second-order valence-corrected chi connectivity index (χ2v) is 6.95. The molecule has 2 nitrogen and oxygen atoms in total. The Hall–Kier alpha value is -0.740. The van der Waals surface area contributed by atoms with Crippen LogP contribution in [0, 0.1) is 5.82 Å². The van der Waals surface area contributed by atoms with Gasteiger partial charge in [0, 0.05) is 5.56 Å². The first-order valence-electron chi connectivity index (χ1n) is 5.15. The smallest absolute Gasteiger partial charge is 0.150 e. The molecular weight excluding hydrogens is 261 g/mol. The molecule has 0 aromatic heterocycles. The van der Waals surface area contributed by atoms with Gasteiger partial charge < -0.3 is 0 Å². The topological polar surface area (TPSA) is 29.4 Å². The molecule has 1 aromatic carbocycles. The summed E-state index contributed by atoms with van der Waals surface area (Å²) in [5, 5.41) is 0.0404. The quantitative estimate of drug-likeness (QED) is 0.756. The van der Waals surface area contributed by atoms with Crippen molar-refractivity contribution in [3.63, 3.8) is 0 Å². The Morgan fingerprint density at radius 2 is 2.00 bits per heavy atom. The lowest BCUT2D eigenvalue weighted by Crippen LogP contribution is -2.20. The van der Waals surface area contributed by atoms with Crippen LogP contribution in [0.3, 0.4) is 0 Å². The maximum atomic E-state index is 13.7. The van der Waals surface area contributed by atoms with Crippen molar-refractivity contribution >= 4 is 28.3 Å². The van der Waals surface area contributed by atoms with Crippen LogP contribution in [0.25, 0.3) is 0 Å². The Labute approximate surface area is 108 Å². The van der Waals surface area contributed by atoms with Crippen molar-refractivity contribution in [1.29, 1.82) is 0 Å². The second-order valence-electron chi connectivity index (χ2n) is 4.64. The maximum Gasteiger partial charge on any atom is 0.150 e. The highest BCUT2D eigenvalue weighted by molar-refractivity contribution is 7.85. The van der Waals surface area contributed by atoms with Gasteiger partial charge in [0.15, 0.2) is 5.82 Å². The van der Waals surface area contributed by atoms with Crippen molar-refractivity contribution in [3.8, 4) is 0 Å². The molecular formula is C12H15ClFNOS. The molecule has 0 radical (unpaired) electrons. The van der Waals surface area contributed by atoms with Gasteiger partial charge in [-0.3, -0.25) is 0 Å². The Balaban J connectivity index is 3.13. The maximum absolute atomic E-state index is 13.7. The molecule has 94 valence electrons. The van der Waals surface area contributed by atoms with Gasteiger partial charge >= 0.3 is 0 Å². The van der Waals surface area contributed by atoms with Gasteiger partial charge in [0.1, 0.15) is 11.0 Å². The molecule has 0 N–H and O–H groups in total. The minimum atomic E-state index is -1.40. The predicted octanol–water partition coefficient (Wildman–Crippen LogP) is 3.75. The molecule has 0 fully saturated rings. The first kappa shape index (κ1) is 14.3. The average Bonchev–Trinajstić information content (AvgIpc) is 2.20. The lowest BCUT2D eigenvalue weighted by molar-refractivity contribution is 0.625. The van der Waals surface area contributed by atoms with Crippen LogP contribution < -0.4 is 0 Å². The van der Waals surface area contributed by atoms with E-state index in [2.05, 4.69) is 4.40 Å². The summed E-state index contributed by atoms with van der Waals surface area (Å²) in [6, 6.07) is 4.67. The van der Waals surface area contributed by atoms with Crippen LogP contribution in [0.2, 0.25) is 5.02 Å². The van der Waals surface area contributed by atoms with Crippen LogP contribution in [0.1, 0.15) is 33.3 Å². The molecule has 0 spiro atoms. The summed E-state index contributed by atoms with van der Waals surface area (Å²) in [4.78, 5) is 0. The highest BCUT2D eigenvalue weighted by Gasteiger charge is 2.20. The van der Waals surface area contributed by atoms with E-state index in [1.165, 1.54) is 6.07 Å². The van der Waals surface area contributed by atoms with E-state index >= 15 is 0 Å². The van der Waals surface area contributed by atoms with Gasteiger partial charge in [-0.1, -0.05) is 23.7 Å². The largest absolute Gasteiger partial charge is 0.234 e. The summed E-state index contributed by atoms with van der Waals surface area (Å²) in [6.07, 6.45) is 0. The standard InChI is InChI=1S/C12H15ClFNOS/c1-8(15-17(16)12(2,3)4)9-6-5-7-10(13)11(9)14/h5-7H,1-4H3. The van der Waals surface area contributed by atoms with Gasteiger partial charge in [-0.05, 0) is 33.8 Å². The summed E-state index contributed by atoms with van der Waals surface area (Å²) >= 11 is 5.68. The molecule has 5 heteroatoms. The van der Waals surface area contributed by atoms with E-state index in [9.17, 15) is 8.60 Å². The molecule has 0 bridgehead atoms. The molecule has 0 saturated heterocycles. The van der Waals surface area contributed by atoms with Crippen LogP contribution in [0.15, 0.2) is 22.6 Å². The van der Waals surface area contributed by atoms with E-state index in [0.29, 0.717) is 5.71 Å². The Kier molecular flexibility index (Phi) is 4.44. The van der Waals surface area contributed by atoms with Crippen LogP contribution >= 0.6 is 11.6 Å². The molecule has 17 heavy (non-hydrogen) atoms. The zero-order valence-corrected chi connectivity index (χ0v) is 11.8. The molecule has 1 unspecified atom stereocenters. The van der Waals surface area contributed by atoms with Crippen molar-refractivity contribution in [2.24, 2.45) is 4.40 Å². The monoisotopic (exact) mass is 275 g/mol. The lowest BCUT2D eigenvalue weighted by atomic mass is 10.1. The molecule has 1 atom stereocenters. The number of benzene rings is 1. The zero-order valence-electron chi connectivity index (χ0n) is 10.3. The molecule has 0 amide bonds. The minimum absolute atomic E-state index is 0.0404. The van der Waals surface area contributed by atoms with E-state index in [4.69, 9.17) is 11.6 Å². The number of nitrogens with zero attached hydrogens (tertiary/aromatic N) is 1. The van der Waals surface area contributed by atoms with E-state index < -0.39 is 21.5 Å². The fraction of sp³-hybridized carbons (Fsp3) is 0.417. The fourth-order valence-electron chi connectivity index (χ4n) is 1.09. The second kappa shape index (κ2) is 5.27. The summed E-state index contributed by atoms with van der Waals surface area (Å²) in [7, 11) is -1.40. The molecule has 0 aliphatic rings. The Morgan fingerprint density at radius 3 is 2.53 bits per heavy atom. The molecule has 0 heterocycles. The molecule has 1 rings (SSSR count). The minimum Gasteiger partial charge on any atom is -0.234 e. The van der Waals surface area contributed by atoms with Crippen molar-refractivity contribution in [3.05, 3.63) is 34.6 Å². The van der Waals surface area contributed by atoms with Gasteiger partial charge in [0.05, 0.1) is 15.5 Å². The number of rotatable bonds is 2. The van der Waals surface area contributed by atoms with E-state index in [1.807, 2.05) is 20.8 Å². The third kappa shape index (κ3) is 3.61. The van der Waals surface area contributed by atoms with Crippen LogP contribution in [-0.4, -0.2) is 14.7 Å². The third-order valence-electron chi connectivity index (χ3n) is 2.09. The van der Waals surface area contributed by atoms with Crippen molar-refractivity contribution < 1.29 is 8.60 Å². The summed E-state index contributed by atoms with van der Waals surface area (Å²) in [5.41, 5.74) is 0.674. The number of halogens is 2. The van der Waals surface area contributed by atoms with Gasteiger partial charge in [0.25, 0.3) is 0 Å². The summed E-state index contributed by atoms with van der Waals surface area (Å²) in [6.45, 7) is 7.06. The molecule has 0 saturated carbocycles. The van der Waals surface area contributed by atoms with Gasteiger partial charge in [-0.2, -0.15) is 4.40 Å². The van der Waals surface area contributed by atoms with Crippen molar-refractivity contribution in [2.75, 3.05) is 0 Å². The van der Waals surface area contributed by atoms with Crippen LogP contribution in [0.4, 0.5) is 4.39 Å². The number of hydrogen-bond donors (Lipinski definition) is 0. The zero-order chi connectivity index (χ0) is 13.2. The molecule has 0 aliphatic carbocycles. The van der Waals surface area contributed by atoms with E-state index in [1.54, 1.807) is 19.1 Å². The number of hydrogen-bond acceptors (Lipinski definition) is 1. The van der Waals surface area contributed by atoms with Gasteiger partial charge in [0.2, 0.25) is 0 Å². The van der Waals surface area contributed by atoms with Crippen molar-refractivity contribution in [1.82, 2.24) is 0 Å².